The van der Waals surface area contributed by atoms with Crippen LogP contribution in [-0.2, 0) is 19.5 Å². The summed E-state index contributed by atoms with van der Waals surface area (Å²) in [5, 5.41) is 0.658. The van der Waals surface area contributed by atoms with E-state index in [9.17, 15) is 4.79 Å². The third kappa shape index (κ3) is 4.29. The number of rotatable bonds is 4. The van der Waals surface area contributed by atoms with Gasteiger partial charge in [0, 0.05) is 48.4 Å². The number of hydrogen-bond acceptors (Lipinski definition) is 4. The molecule has 0 atom stereocenters. The van der Waals surface area contributed by atoms with Crippen LogP contribution in [0, 0.1) is 0 Å². The molecule has 2 aromatic heterocycles. The first kappa shape index (κ1) is 19.7. The molecule has 0 radical (unpaired) electrons. The van der Waals surface area contributed by atoms with Gasteiger partial charge in [0.1, 0.15) is 5.82 Å². The van der Waals surface area contributed by atoms with Crippen molar-refractivity contribution in [2.45, 2.75) is 19.5 Å². The molecule has 3 heterocycles. The Labute approximate surface area is 185 Å². The lowest BCUT2D eigenvalue weighted by atomic mass is 10.1. The van der Waals surface area contributed by atoms with Crippen LogP contribution < -0.4 is 5.56 Å². The van der Waals surface area contributed by atoms with Crippen molar-refractivity contribution < 1.29 is 0 Å². The summed E-state index contributed by atoms with van der Waals surface area (Å²) in [6, 6.07) is 21.6. The molecule has 31 heavy (non-hydrogen) atoms. The van der Waals surface area contributed by atoms with Gasteiger partial charge in [-0.3, -0.25) is 14.7 Å². The first-order valence-electron chi connectivity index (χ1n) is 10.3. The molecule has 0 unspecified atom stereocenters. The largest absolute Gasteiger partial charge is 0.306 e. The van der Waals surface area contributed by atoms with E-state index in [0.29, 0.717) is 17.4 Å². The molecule has 0 fully saturated rings. The van der Waals surface area contributed by atoms with Gasteiger partial charge in [0.05, 0.1) is 17.0 Å². The third-order valence-electron chi connectivity index (χ3n) is 5.57. The van der Waals surface area contributed by atoms with Gasteiger partial charge in [0.25, 0.3) is 5.56 Å². The second-order valence-corrected chi connectivity index (χ2v) is 8.16. The van der Waals surface area contributed by atoms with Gasteiger partial charge in [-0.25, -0.2) is 4.98 Å². The number of nitrogens with zero attached hydrogens (tertiary/aromatic N) is 3. The second-order valence-electron chi connectivity index (χ2n) is 7.73. The van der Waals surface area contributed by atoms with Crippen LogP contribution >= 0.6 is 11.6 Å². The number of halogens is 1. The van der Waals surface area contributed by atoms with Crippen LogP contribution in [0.4, 0.5) is 0 Å². The van der Waals surface area contributed by atoms with Gasteiger partial charge in [-0.1, -0.05) is 48.0 Å². The van der Waals surface area contributed by atoms with Crippen LogP contribution in [0.1, 0.15) is 16.8 Å². The van der Waals surface area contributed by atoms with Crippen molar-refractivity contribution in [3.63, 3.8) is 0 Å². The zero-order chi connectivity index (χ0) is 21.2. The predicted molar refractivity (Wildman–Crippen MR) is 123 cm³/mol. The standard InChI is InChI=1S/C25H21ClN4O/c26-20-9-7-19(8-10-20)24-28-23-12-13-30(16-21(23)25(31)29-24)15-17-6-11-22(27-14-17)18-4-2-1-3-5-18/h1-11,14H,12-13,15-16H2,(H,28,29,31). The number of fused-ring (bicyclic) bond motifs is 1. The molecule has 5 rings (SSSR count). The van der Waals surface area contributed by atoms with E-state index in [-0.39, 0.29) is 5.56 Å². The predicted octanol–water partition coefficient (Wildman–Crippen LogP) is 4.71. The van der Waals surface area contributed by atoms with Crippen LogP contribution in [0.25, 0.3) is 22.6 Å². The normalized spacial score (nSPS) is 13.7. The Balaban J connectivity index is 1.32. The minimum atomic E-state index is -0.0720. The molecule has 0 bridgehead atoms. The zero-order valence-electron chi connectivity index (χ0n) is 16.9. The highest BCUT2D eigenvalue weighted by molar-refractivity contribution is 6.30. The van der Waals surface area contributed by atoms with E-state index in [4.69, 9.17) is 16.6 Å². The first-order chi connectivity index (χ1) is 15.2. The molecule has 2 aromatic carbocycles. The summed E-state index contributed by atoms with van der Waals surface area (Å²) in [5.41, 5.74) is 5.61. The Hall–Kier alpha value is -3.28. The van der Waals surface area contributed by atoms with Crippen LogP contribution in [0.3, 0.4) is 0 Å². The molecule has 6 heteroatoms. The Morgan fingerprint density at radius 2 is 1.77 bits per heavy atom. The third-order valence-corrected chi connectivity index (χ3v) is 5.82. The first-order valence-corrected chi connectivity index (χ1v) is 10.6. The fourth-order valence-corrected chi connectivity index (χ4v) is 4.04. The van der Waals surface area contributed by atoms with Gasteiger partial charge in [0.15, 0.2) is 0 Å². The molecular formula is C25H21ClN4O. The SMILES string of the molecule is O=c1[nH]c(-c2ccc(Cl)cc2)nc2c1CN(Cc1ccc(-c3ccccc3)nc1)CC2. The highest BCUT2D eigenvalue weighted by atomic mass is 35.5. The van der Waals surface area contributed by atoms with Crippen molar-refractivity contribution in [2.24, 2.45) is 0 Å². The summed E-state index contributed by atoms with van der Waals surface area (Å²) in [6.07, 6.45) is 2.67. The Bertz CT molecular complexity index is 1250. The van der Waals surface area contributed by atoms with Crippen LogP contribution in [-0.4, -0.2) is 26.4 Å². The lowest BCUT2D eigenvalue weighted by molar-refractivity contribution is 0.241. The topological polar surface area (TPSA) is 61.9 Å². The van der Waals surface area contributed by atoms with Crippen molar-refractivity contribution in [1.29, 1.82) is 0 Å². The number of nitrogens with one attached hydrogen (secondary N) is 1. The number of H-pyrrole nitrogens is 1. The van der Waals surface area contributed by atoms with E-state index in [0.717, 1.165) is 53.2 Å². The Morgan fingerprint density at radius 3 is 2.52 bits per heavy atom. The smallest absolute Gasteiger partial charge is 0.255 e. The molecule has 1 aliphatic heterocycles. The molecule has 0 amide bonds. The molecule has 5 nitrogen and oxygen atoms in total. The minimum absolute atomic E-state index is 0.0720. The minimum Gasteiger partial charge on any atom is -0.306 e. The van der Waals surface area contributed by atoms with Gasteiger partial charge in [-0.2, -0.15) is 0 Å². The molecule has 0 spiro atoms. The van der Waals surface area contributed by atoms with Crippen molar-refractivity contribution in [2.75, 3.05) is 6.54 Å². The van der Waals surface area contributed by atoms with Gasteiger partial charge < -0.3 is 4.98 Å². The molecule has 154 valence electrons. The maximum atomic E-state index is 12.8. The molecule has 1 aliphatic rings. The molecule has 0 saturated carbocycles. The summed E-state index contributed by atoms with van der Waals surface area (Å²) in [6.45, 7) is 2.18. The quantitative estimate of drug-likeness (QED) is 0.511. The van der Waals surface area contributed by atoms with E-state index in [1.807, 2.05) is 36.5 Å². The summed E-state index contributed by atoms with van der Waals surface area (Å²) in [7, 11) is 0. The summed E-state index contributed by atoms with van der Waals surface area (Å²) < 4.78 is 0. The number of benzene rings is 2. The fraction of sp³-hybridized carbons (Fsp3) is 0.160. The number of pyridine rings is 1. The number of aromatic nitrogens is 3. The van der Waals surface area contributed by atoms with Crippen LogP contribution in [0.5, 0.6) is 0 Å². The lowest BCUT2D eigenvalue weighted by Gasteiger charge is -2.27. The maximum Gasteiger partial charge on any atom is 0.255 e. The van der Waals surface area contributed by atoms with Gasteiger partial charge >= 0.3 is 0 Å². The van der Waals surface area contributed by atoms with Crippen molar-refractivity contribution in [3.05, 3.63) is 105 Å². The van der Waals surface area contributed by atoms with Gasteiger partial charge in [-0.05, 0) is 35.9 Å². The van der Waals surface area contributed by atoms with E-state index in [1.165, 1.54) is 0 Å². The molecule has 0 saturated heterocycles. The highest BCUT2D eigenvalue weighted by Crippen LogP contribution is 2.22. The average molecular weight is 429 g/mol. The summed E-state index contributed by atoms with van der Waals surface area (Å²) in [5.74, 6) is 0.592. The number of aromatic amines is 1. The lowest BCUT2D eigenvalue weighted by Crippen LogP contribution is -2.35. The van der Waals surface area contributed by atoms with E-state index in [1.54, 1.807) is 12.1 Å². The zero-order valence-corrected chi connectivity index (χ0v) is 17.6. The fourth-order valence-electron chi connectivity index (χ4n) is 3.92. The highest BCUT2D eigenvalue weighted by Gasteiger charge is 2.21. The molecule has 0 aliphatic carbocycles. The van der Waals surface area contributed by atoms with Crippen LogP contribution in [0.15, 0.2) is 77.7 Å². The van der Waals surface area contributed by atoms with Crippen molar-refractivity contribution >= 4 is 11.6 Å². The van der Waals surface area contributed by atoms with Crippen LogP contribution in [0.2, 0.25) is 5.02 Å². The Kier molecular flexibility index (Phi) is 5.37. The molecular weight excluding hydrogens is 408 g/mol. The maximum absolute atomic E-state index is 12.8. The van der Waals surface area contributed by atoms with E-state index >= 15 is 0 Å². The molecule has 4 aromatic rings. The monoisotopic (exact) mass is 428 g/mol. The van der Waals surface area contributed by atoms with E-state index in [2.05, 4.69) is 39.1 Å². The van der Waals surface area contributed by atoms with Crippen molar-refractivity contribution in [1.82, 2.24) is 19.9 Å². The van der Waals surface area contributed by atoms with Gasteiger partial charge in [0.2, 0.25) is 0 Å². The Morgan fingerprint density at radius 1 is 0.968 bits per heavy atom. The van der Waals surface area contributed by atoms with E-state index < -0.39 is 0 Å². The second kappa shape index (κ2) is 8.46. The van der Waals surface area contributed by atoms with Crippen molar-refractivity contribution in [3.8, 4) is 22.6 Å². The summed E-state index contributed by atoms with van der Waals surface area (Å²) in [4.78, 5) is 27.3. The van der Waals surface area contributed by atoms with Gasteiger partial charge in [-0.15, -0.1) is 0 Å². The number of hydrogen-bond donors (Lipinski definition) is 1. The molecule has 1 N–H and O–H groups in total. The summed E-state index contributed by atoms with van der Waals surface area (Å²) >= 11 is 5.97. The average Bonchev–Trinajstić information content (AvgIpc) is 2.81.